The predicted octanol–water partition coefficient (Wildman–Crippen LogP) is 3.05. The highest BCUT2D eigenvalue weighted by Crippen LogP contribution is 2.41. The summed E-state index contributed by atoms with van der Waals surface area (Å²) in [5.74, 6) is -3.90. The number of phosphoric acid groups is 1. The summed E-state index contributed by atoms with van der Waals surface area (Å²) in [4.78, 5) is 29.7. The molecule has 2 aromatic rings. The molecule has 0 unspecified atom stereocenters. The zero-order chi connectivity index (χ0) is 23.7. The number of halogens is 5. The summed E-state index contributed by atoms with van der Waals surface area (Å²) in [7, 11) is -5.05. The fraction of sp³-hybridized carbons (Fsp3) is 0.167. The Labute approximate surface area is 177 Å². The molecule has 172 valence electrons. The molecule has 1 aliphatic heterocycles. The summed E-state index contributed by atoms with van der Waals surface area (Å²) in [5, 5.41) is 3.50. The molecule has 0 radical (unpaired) electrons. The number of carbonyl (C=O) groups excluding carboxylic acids is 1. The molecular weight excluding hydrogens is 464 g/mol. The van der Waals surface area contributed by atoms with Crippen LogP contribution in [0.25, 0.3) is 0 Å². The molecule has 4 N–H and O–H groups in total. The molecule has 2 aromatic carbocycles. The molecule has 8 nitrogen and oxygen atoms in total. The Hall–Kier alpha value is -2.99. The van der Waals surface area contributed by atoms with Gasteiger partial charge in [0.25, 0.3) is 5.91 Å². The Kier molecular flexibility index (Phi) is 6.56. The summed E-state index contributed by atoms with van der Waals surface area (Å²) in [6.45, 7) is -0.303. The van der Waals surface area contributed by atoms with Gasteiger partial charge in [-0.15, -0.1) is 0 Å². The van der Waals surface area contributed by atoms with Crippen LogP contribution in [0.1, 0.15) is 21.5 Å². The highest BCUT2D eigenvalue weighted by molar-refractivity contribution is 7.46. The lowest BCUT2D eigenvalue weighted by Crippen LogP contribution is -2.38. The number of hydrazine groups is 1. The maximum absolute atomic E-state index is 13.7. The monoisotopic (exact) mass is 479 g/mol. The third kappa shape index (κ3) is 5.82. The number of alkyl halides is 3. The SMILES string of the molecule is O=C(NC1=CCN(Cc2ccc(OP(=O)(O)O)cc2C(F)(F)F)N1)c1c(F)cccc1F. The van der Waals surface area contributed by atoms with E-state index in [0.717, 1.165) is 30.3 Å². The minimum absolute atomic E-state index is 0.00710. The first-order chi connectivity index (χ1) is 14.8. The van der Waals surface area contributed by atoms with Gasteiger partial charge in [0.1, 0.15) is 28.8 Å². The van der Waals surface area contributed by atoms with Crippen LogP contribution in [0, 0.1) is 11.6 Å². The molecule has 32 heavy (non-hydrogen) atoms. The number of carbonyl (C=O) groups is 1. The van der Waals surface area contributed by atoms with Gasteiger partial charge in [0.15, 0.2) is 0 Å². The van der Waals surface area contributed by atoms with Crippen molar-refractivity contribution in [3.8, 4) is 5.75 Å². The molecule has 3 rings (SSSR count). The lowest BCUT2D eigenvalue weighted by molar-refractivity contribution is -0.138. The molecule has 14 heteroatoms. The number of hydrogen-bond donors (Lipinski definition) is 4. The molecule has 0 aromatic heterocycles. The zero-order valence-corrected chi connectivity index (χ0v) is 16.8. The van der Waals surface area contributed by atoms with Gasteiger partial charge >= 0.3 is 14.0 Å². The Morgan fingerprint density at radius 1 is 1.19 bits per heavy atom. The third-order valence-corrected chi connectivity index (χ3v) is 4.65. The van der Waals surface area contributed by atoms with Crippen molar-refractivity contribution in [2.24, 2.45) is 0 Å². The molecule has 1 aliphatic rings. The maximum Gasteiger partial charge on any atom is 0.524 e. The van der Waals surface area contributed by atoms with Crippen LogP contribution < -0.4 is 15.3 Å². The molecule has 0 bridgehead atoms. The third-order valence-electron chi connectivity index (χ3n) is 4.20. The quantitative estimate of drug-likeness (QED) is 0.372. The first-order valence-electron chi connectivity index (χ1n) is 8.76. The Bertz CT molecular complexity index is 1100. The van der Waals surface area contributed by atoms with E-state index in [9.17, 15) is 31.3 Å². The number of phosphoric ester groups is 1. The molecule has 0 aliphatic carbocycles. The van der Waals surface area contributed by atoms with Gasteiger partial charge in [0, 0.05) is 13.1 Å². The largest absolute Gasteiger partial charge is 0.524 e. The highest BCUT2D eigenvalue weighted by atomic mass is 31.2. The normalized spacial score (nSPS) is 14.7. The van der Waals surface area contributed by atoms with Crippen molar-refractivity contribution in [2.45, 2.75) is 12.7 Å². The summed E-state index contributed by atoms with van der Waals surface area (Å²) in [6, 6.07) is 5.31. The summed E-state index contributed by atoms with van der Waals surface area (Å²) < 4.78 is 82.8. The lowest BCUT2D eigenvalue weighted by Gasteiger charge is -2.21. The zero-order valence-electron chi connectivity index (χ0n) is 15.9. The van der Waals surface area contributed by atoms with E-state index in [-0.39, 0.29) is 24.5 Å². The Balaban J connectivity index is 1.70. The van der Waals surface area contributed by atoms with Crippen LogP contribution in [0.4, 0.5) is 22.0 Å². The van der Waals surface area contributed by atoms with Gasteiger partial charge in [-0.2, -0.15) is 13.2 Å². The number of benzene rings is 2. The number of amides is 1. The maximum atomic E-state index is 13.7. The second-order valence-corrected chi connectivity index (χ2v) is 7.72. The van der Waals surface area contributed by atoms with Crippen molar-refractivity contribution in [3.05, 3.63) is 76.6 Å². The fourth-order valence-electron chi connectivity index (χ4n) is 2.90. The number of hydrogen-bond acceptors (Lipinski definition) is 5. The number of nitrogens with one attached hydrogen (secondary N) is 2. The molecule has 0 saturated heterocycles. The van der Waals surface area contributed by atoms with Gasteiger partial charge in [-0.3, -0.25) is 14.6 Å². The first-order valence-corrected chi connectivity index (χ1v) is 10.3. The van der Waals surface area contributed by atoms with E-state index < -0.39 is 48.4 Å². The van der Waals surface area contributed by atoms with Gasteiger partial charge in [0.2, 0.25) is 0 Å². The standard InChI is InChI=1S/C18H15F5N3O5P/c19-13-2-1-3-14(20)16(13)17(27)24-15-6-7-26(25-15)9-10-4-5-11(31-32(28,29)30)8-12(10)18(21,22)23/h1-6,8,25H,7,9H2,(H,24,27)(H2,28,29,30). The van der Waals surface area contributed by atoms with Crippen molar-refractivity contribution in [1.29, 1.82) is 0 Å². The lowest BCUT2D eigenvalue weighted by atomic mass is 10.1. The summed E-state index contributed by atoms with van der Waals surface area (Å²) >= 11 is 0. The molecular formula is C18H15F5N3O5P. The van der Waals surface area contributed by atoms with Crippen LogP contribution in [0.2, 0.25) is 0 Å². The van der Waals surface area contributed by atoms with Crippen molar-refractivity contribution in [2.75, 3.05) is 6.54 Å². The molecule has 0 spiro atoms. The summed E-state index contributed by atoms with van der Waals surface area (Å²) in [6.07, 6.45) is -3.47. The van der Waals surface area contributed by atoms with Crippen LogP contribution in [0.5, 0.6) is 5.75 Å². The molecule has 1 amide bonds. The minimum atomic E-state index is -5.05. The minimum Gasteiger partial charge on any atom is -0.404 e. The van der Waals surface area contributed by atoms with Gasteiger partial charge in [-0.25, -0.2) is 18.4 Å². The number of nitrogens with zero attached hydrogens (tertiary/aromatic N) is 1. The van der Waals surface area contributed by atoms with Gasteiger partial charge in [0.05, 0.1) is 5.56 Å². The van der Waals surface area contributed by atoms with E-state index in [1.165, 1.54) is 11.1 Å². The number of rotatable bonds is 6. The van der Waals surface area contributed by atoms with Gasteiger partial charge < -0.3 is 15.3 Å². The van der Waals surface area contributed by atoms with Gasteiger partial charge in [-0.05, 0) is 35.9 Å². The van der Waals surface area contributed by atoms with E-state index in [4.69, 9.17) is 9.79 Å². The van der Waals surface area contributed by atoms with Crippen LogP contribution >= 0.6 is 7.82 Å². The summed E-state index contributed by atoms with van der Waals surface area (Å²) in [5.41, 5.74) is 0.349. The first kappa shape index (κ1) is 23.7. The van der Waals surface area contributed by atoms with E-state index in [1.54, 1.807) is 0 Å². The topological polar surface area (TPSA) is 111 Å². The molecule has 1 heterocycles. The van der Waals surface area contributed by atoms with Gasteiger partial charge in [-0.1, -0.05) is 12.1 Å². The van der Waals surface area contributed by atoms with Crippen LogP contribution in [-0.4, -0.2) is 27.2 Å². The van der Waals surface area contributed by atoms with Crippen molar-refractivity contribution < 1.29 is 45.6 Å². The second-order valence-electron chi connectivity index (χ2n) is 6.56. The highest BCUT2D eigenvalue weighted by Gasteiger charge is 2.35. The van der Waals surface area contributed by atoms with E-state index in [2.05, 4.69) is 15.3 Å². The van der Waals surface area contributed by atoms with Crippen molar-refractivity contribution in [3.63, 3.8) is 0 Å². The predicted molar refractivity (Wildman–Crippen MR) is 99.6 cm³/mol. The second kappa shape index (κ2) is 8.87. The van der Waals surface area contributed by atoms with Crippen LogP contribution in [0.15, 0.2) is 48.3 Å². The Morgan fingerprint density at radius 3 is 2.44 bits per heavy atom. The van der Waals surface area contributed by atoms with Crippen LogP contribution in [0.3, 0.4) is 0 Å². The smallest absolute Gasteiger partial charge is 0.404 e. The van der Waals surface area contributed by atoms with E-state index in [0.29, 0.717) is 6.07 Å². The molecule has 0 atom stereocenters. The fourth-order valence-corrected chi connectivity index (χ4v) is 3.29. The average molecular weight is 479 g/mol. The van der Waals surface area contributed by atoms with E-state index in [1.807, 2.05) is 0 Å². The van der Waals surface area contributed by atoms with Crippen molar-refractivity contribution >= 4 is 13.7 Å². The average Bonchev–Trinajstić information content (AvgIpc) is 3.07. The molecule has 0 fully saturated rings. The Morgan fingerprint density at radius 2 is 1.84 bits per heavy atom. The van der Waals surface area contributed by atoms with Crippen molar-refractivity contribution in [1.82, 2.24) is 15.8 Å². The van der Waals surface area contributed by atoms with Crippen LogP contribution in [-0.2, 0) is 17.3 Å². The molecule has 0 saturated carbocycles. The van der Waals surface area contributed by atoms with E-state index >= 15 is 0 Å².